The van der Waals surface area contributed by atoms with E-state index in [1.807, 2.05) is 6.92 Å². The van der Waals surface area contributed by atoms with Gasteiger partial charge in [-0.3, -0.25) is 14.4 Å². The molecule has 9 nitrogen and oxygen atoms in total. The third kappa shape index (κ3) is 40.5. The molecule has 0 fully saturated rings. The van der Waals surface area contributed by atoms with Gasteiger partial charge in [-0.2, -0.15) is 37.9 Å². The lowest BCUT2D eigenvalue weighted by Crippen LogP contribution is -2.32. The van der Waals surface area contributed by atoms with Crippen LogP contribution >= 0.6 is 37.9 Å². The molecule has 12 heteroatoms. The molecule has 6 N–H and O–H groups in total. The van der Waals surface area contributed by atoms with E-state index in [1.165, 1.54) is 0 Å². The van der Waals surface area contributed by atoms with Gasteiger partial charge in [0, 0.05) is 24.7 Å². The number of aliphatic hydroxyl groups excluding tert-OH is 3. The summed E-state index contributed by atoms with van der Waals surface area (Å²) in [6.07, 6.45) is 9.87. The first kappa shape index (κ1) is 42.4. The van der Waals surface area contributed by atoms with Crippen molar-refractivity contribution in [3.05, 3.63) is 0 Å². The highest BCUT2D eigenvalue weighted by molar-refractivity contribution is 7.80. The zero-order valence-electron chi connectivity index (χ0n) is 21.7. The molecule has 0 aromatic carbocycles. The molecule has 0 rings (SSSR count). The summed E-state index contributed by atoms with van der Waals surface area (Å²) in [5, 5.41) is 50.6. The molecule has 0 saturated heterocycles. The summed E-state index contributed by atoms with van der Waals surface area (Å²) in [4.78, 5) is 29.8. The number of aliphatic carboxylic acids is 3. The van der Waals surface area contributed by atoms with E-state index in [0.29, 0.717) is 25.7 Å². The Balaban J connectivity index is -0.000000190. The number of carbonyl (C=O) groups is 3. The molecule has 0 atom stereocenters. The highest BCUT2D eigenvalue weighted by atomic mass is 32.1. The van der Waals surface area contributed by atoms with Crippen molar-refractivity contribution in [3.63, 3.8) is 0 Å². The van der Waals surface area contributed by atoms with Crippen LogP contribution in [-0.4, -0.2) is 85.6 Å². The number of rotatable bonds is 19. The Morgan fingerprint density at radius 2 is 0.778 bits per heavy atom. The van der Waals surface area contributed by atoms with Crippen LogP contribution in [0.25, 0.3) is 0 Å². The SMILES string of the molecule is CCC(CO)(CO)CO.O=C(O)CCCCCS.O=C(O)CCCCCS.O=C(O)CCCCCS. The number of thiol groups is 3. The van der Waals surface area contributed by atoms with Crippen LogP contribution in [0, 0.1) is 5.41 Å². The van der Waals surface area contributed by atoms with E-state index in [1.54, 1.807) is 0 Å². The summed E-state index contributed by atoms with van der Waals surface area (Å²) in [6.45, 7) is 1.35. The minimum absolute atomic E-state index is 0.156. The molecule has 0 saturated carbocycles. The minimum Gasteiger partial charge on any atom is -0.481 e. The van der Waals surface area contributed by atoms with Gasteiger partial charge >= 0.3 is 17.9 Å². The van der Waals surface area contributed by atoms with E-state index < -0.39 is 23.3 Å². The zero-order valence-corrected chi connectivity index (χ0v) is 24.4. The zero-order chi connectivity index (χ0) is 28.7. The Kier molecular flexibility index (Phi) is 40.5. The minimum atomic E-state index is -0.700. The summed E-state index contributed by atoms with van der Waals surface area (Å²) in [5.74, 6) is 0.483. The van der Waals surface area contributed by atoms with Gasteiger partial charge in [0.15, 0.2) is 0 Å². The number of hydrogen-bond acceptors (Lipinski definition) is 9. The van der Waals surface area contributed by atoms with E-state index in [-0.39, 0.29) is 19.8 Å². The first-order valence-corrected chi connectivity index (χ1v) is 14.3. The van der Waals surface area contributed by atoms with Gasteiger partial charge < -0.3 is 30.6 Å². The first-order valence-electron chi connectivity index (χ1n) is 12.4. The van der Waals surface area contributed by atoms with Crippen molar-refractivity contribution < 1.29 is 45.0 Å². The maximum absolute atomic E-state index is 9.94. The van der Waals surface area contributed by atoms with Crippen molar-refractivity contribution in [3.8, 4) is 0 Å². The third-order valence-electron chi connectivity index (χ3n) is 4.90. The third-order valence-corrected chi connectivity index (χ3v) is 5.85. The van der Waals surface area contributed by atoms with E-state index in [2.05, 4.69) is 37.9 Å². The number of unbranched alkanes of at least 4 members (excludes halogenated alkanes) is 6. The monoisotopic (exact) mass is 578 g/mol. The molecule has 0 aliphatic carbocycles. The van der Waals surface area contributed by atoms with Gasteiger partial charge in [0.05, 0.1) is 19.8 Å². The maximum Gasteiger partial charge on any atom is 0.303 e. The van der Waals surface area contributed by atoms with Gasteiger partial charge in [-0.15, -0.1) is 0 Å². The average molecular weight is 579 g/mol. The van der Waals surface area contributed by atoms with E-state index in [9.17, 15) is 14.4 Å². The van der Waals surface area contributed by atoms with Crippen molar-refractivity contribution in [2.45, 2.75) is 90.4 Å². The fourth-order valence-electron chi connectivity index (χ4n) is 2.18. The molecule has 0 radical (unpaired) electrons. The molecule has 0 aliphatic rings. The standard InChI is InChI=1S/C6H14O3.3C6H12O2S/c1-2-6(3-7,4-8)5-9;3*7-6(8)4-2-1-3-5-9/h7-9H,2-5H2,1H3;3*9H,1-5H2,(H,7,8). The molecule has 36 heavy (non-hydrogen) atoms. The molecule has 0 heterocycles. The van der Waals surface area contributed by atoms with Crippen LogP contribution in [0.1, 0.15) is 90.4 Å². The maximum atomic E-state index is 9.94. The summed E-state index contributed by atoms with van der Waals surface area (Å²) >= 11 is 12.0. The van der Waals surface area contributed by atoms with Crippen LogP contribution < -0.4 is 0 Å². The van der Waals surface area contributed by atoms with Crippen molar-refractivity contribution in [2.75, 3.05) is 37.1 Å². The van der Waals surface area contributed by atoms with Gasteiger partial charge in [0.2, 0.25) is 0 Å². The molecule has 218 valence electrons. The lowest BCUT2D eigenvalue weighted by atomic mass is 9.88. The van der Waals surface area contributed by atoms with Crippen molar-refractivity contribution in [1.82, 2.24) is 0 Å². The Hall–Kier alpha value is -0.660. The van der Waals surface area contributed by atoms with Crippen molar-refractivity contribution in [2.24, 2.45) is 5.41 Å². The number of aliphatic hydroxyl groups is 3. The molecule has 0 aromatic rings. The second-order valence-electron chi connectivity index (χ2n) is 8.11. The number of carboxylic acid groups (broad SMARTS) is 3. The van der Waals surface area contributed by atoms with Crippen LogP contribution in [0.15, 0.2) is 0 Å². The second-order valence-corrected chi connectivity index (χ2v) is 9.45. The van der Waals surface area contributed by atoms with Gasteiger partial charge in [-0.1, -0.05) is 26.2 Å². The fourth-order valence-corrected chi connectivity index (χ4v) is 2.85. The Labute approximate surface area is 233 Å². The lowest BCUT2D eigenvalue weighted by molar-refractivity contribution is -0.138. The predicted octanol–water partition coefficient (Wildman–Crippen LogP) is 4.04. The smallest absolute Gasteiger partial charge is 0.303 e. The molecule has 0 bridgehead atoms. The van der Waals surface area contributed by atoms with Crippen LogP contribution in [-0.2, 0) is 14.4 Å². The van der Waals surface area contributed by atoms with Gasteiger partial charge in [-0.05, 0) is 62.2 Å². The van der Waals surface area contributed by atoms with Crippen LogP contribution in [0.4, 0.5) is 0 Å². The lowest BCUT2D eigenvalue weighted by Gasteiger charge is -2.24. The van der Waals surface area contributed by atoms with Crippen molar-refractivity contribution >= 4 is 55.8 Å². The molecule has 0 aromatic heterocycles. The Morgan fingerprint density at radius 3 is 0.889 bits per heavy atom. The van der Waals surface area contributed by atoms with Crippen molar-refractivity contribution in [1.29, 1.82) is 0 Å². The summed E-state index contributed by atoms with van der Waals surface area (Å²) < 4.78 is 0. The molecule has 0 amide bonds. The molecular weight excluding hydrogens is 528 g/mol. The highest BCUT2D eigenvalue weighted by Crippen LogP contribution is 2.18. The van der Waals surface area contributed by atoms with E-state index in [0.717, 1.165) is 75.0 Å². The van der Waals surface area contributed by atoms with E-state index in [4.69, 9.17) is 30.6 Å². The number of carboxylic acids is 3. The van der Waals surface area contributed by atoms with Crippen LogP contribution in [0.2, 0.25) is 0 Å². The molecular formula is C24H50O9S3. The average Bonchev–Trinajstić information content (AvgIpc) is 2.85. The van der Waals surface area contributed by atoms with Gasteiger partial charge in [0.25, 0.3) is 0 Å². The quantitative estimate of drug-likeness (QED) is 0.0810. The second kappa shape index (κ2) is 34.3. The summed E-state index contributed by atoms with van der Waals surface area (Å²) in [6, 6.07) is 0. The molecule has 0 aliphatic heterocycles. The summed E-state index contributed by atoms with van der Waals surface area (Å²) in [5.41, 5.74) is -0.667. The molecule has 0 unspecified atom stereocenters. The van der Waals surface area contributed by atoms with Gasteiger partial charge in [0.1, 0.15) is 0 Å². The highest BCUT2D eigenvalue weighted by Gasteiger charge is 2.24. The van der Waals surface area contributed by atoms with Crippen LogP contribution in [0.5, 0.6) is 0 Å². The first-order chi connectivity index (χ1) is 17.1. The largest absolute Gasteiger partial charge is 0.481 e. The molecule has 0 spiro atoms. The van der Waals surface area contributed by atoms with E-state index >= 15 is 0 Å². The topological polar surface area (TPSA) is 173 Å². The van der Waals surface area contributed by atoms with Gasteiger partial charge in [-0.25, -0.2) is 0 Å². The number of hydrogen-bond donors (Lipinski definition) is 9. The van der Waals surface area contributed by atoms with Crippen LogP contribution in [0.3, 0.4) is 0 Å². The normalized spacial score (nSPS) is 10.1. The predicted molar refractivity (Wildman–Crippen MR) is 154 cm³/mol. The Bertz CT molecular complexity index is 422. The summed E-state index contributed by atoms with van der Waals surface area (Å²) in [7, 11) is 0. The Morgan fingerprint density at radius 1 is 0.528 bits per heavy atom. The fraction of sp³-hybridized carbons (Fsp3) is 0.875.